The first-order valence-corrected chi connectivity index (χ1v) is 7.75. The van der Waals surface area contributed by atoms with E-state index >= 15 is 0 Å². The van der Waals surface area contributed by atoms with Crippen LogP contribution in [0.2, 0.25) is 0 Å². The SMILES string of the molecule is CCNC(C)(CO)CCCN(C)CC1CCCCO1. The highest BCUT2D eigenvalue weighted by atomic mass is 16.5. The molecule has 1 aliphatic rings. The molecule has 1 fully saturated rings. The summed E-state index contributed by atoms with van der Waals surface area (Å²) in [6.45, 7) is 8.33. The summed E-state index contributed by atoms with van der Waals surface area (Å²) in [4.78, 5) is 2.36. The molecule has 1 heterocycles. The molecule has 114 valence electrons. The van der Waals surface area contributed by atoms with Crippen LogP contribution < -0.4 is 5.32 Å². The molecule has 1 rings (SSSR count). The predicted octanol–water partition coefficient (Wildman–Crippen LogP) is 1.63. The van der Waals surface area contributed by atoms with Gasteiger partial charge in [0.05, 0.1) is 12.7 Å². The molecule has 19 heavy (non-hydrogen) atoms. The third-order valence-electron chi connectivity index (χ3n) is 4.01. The van der Waals surface area contributed by atoms with Gasteiger partial charge in [0.1, 0.15) is 0 Å². The fraction of sp³-hybridized carbons (Fsp3) is 1.00. The van der Waals surface area contributed by atoms with E-state index in [9.17, 15) is 5.11 Å². The van der Waals surface area contributed by atoms with Gasteiger partial charge in [-0.05, 0) is 59.2 Å². The molecule has 4 nitrogen and oxygen atoms in total. The van der Waals surface area contributed by atoms with Gasteiger partial charge in [-0.2, -0.15) is 0 Å². The number of hydrogen-bond donors (Lipinski definition) is 2. The molecule has 0 aromatic carbocycles. The van der Waals surface area contributed by atoms with E-state index in [1.807, 2.05) is 0 Å². The van der Waals surface area contributed by atoms with Crippen LogP contribution in [-0.2, 0) is 4.74 Å². The first-order chi connectivity index (χ1) is 9.09. The summed E-state index contributed by atoms with van der Waals surface area (Å²) in [6.07, 6.45) is 6.27. The smallest absolute Gasteiger partial charge is 0.0701 e. The van der Waals surface area contributed by atoms with Crippen molar-refractivity contribution in [3.05, 3.63) is 0 Å². The van der Waals surface area contributed by atoms with Gasteiger partial charge in [-0.15, -0.1) is 0 Å². The normalized spacial score (nSPS) is 23.5. The first kappa shape index (κ1) is 16.9. The van der Waals surface area contributed by atoms with Crippen LogP contribution in [0.3, 0.4) is 0 Å². The van der Waals surface area contributed by atoms with Crippen LogP contribution in [-0.4, -0.2) is 61.5 Å². The maximum atomic E-state index is 9.45. The highest BCUT2D eigenvalue weighted by molar-refractivity contribution is 4.82. The van der Waals surface area contributed by atoms with Crippen molar-refractivity contribution in [3.8, 4) is 0 Å². The molecule has 1 aliphatic heterocycles. The van der Waals surface area contributed by atoms with E-state index in [0.717, 1.165) is 39.1 Å². The van der Waals surface area contributed by atoms with E-state index in [0.29, 0.717) is 6.10 Å². The molecule has 4 heteroatoms. The molecule has 0 bridgehead atoms. The Morgan fingerprint density at radius 3 is 2.79 bits per heavy atom. The summed E-state index contributed by atoms with van der Waals surface area (Å²) < 4.78 is 5.76. The van der Waals surface area contributed by atoms with E-state index in [4.69, 9.17) is 4.74 Å². The van der Waals surface area contributed by atoms with Gasteiger partial charge in [-0.25, -0.2) is 0 Å². The molecule has 0 spiro atoms. The van der Waals surface area contributed by atoms with Gasteiger partial charge in [0, 0.05) is 18.7 Å². The fourth-order valence-electron chi connectivity index (χ4n) is 2.78. The van der Waals surface area contributed by atoms with Gasteiger partial charge in [-0.1, -0.05) is 6.92 Å². The van der Waals surface area contributed by atoms with E-state index in [2.05, 4.69) is 31.1 Å². The molecular formula is C15H32N2O2. The molecule has 0 aromatic heterocycles. The van der Waals surface area contributed by atoms with Crippen LogP contribution in [0.4, 0.5) is 0 Å². The lowest BCUT2D eigenvalue weighted by molar-refractivity contribution is -0.00194. The standard InChI is InChI=1S/C15H32N2O2/c1-4-16-15(2,13-18)9-7-10-17(3)12-14-8-5-6-11-19-14/h14,16,18H,4-13H2,1-3H3. The Kier molecular flexibility index (Phi) is 7.91. The van der Waals surface area contributed by atoms with Crippen LogP contribution in [0.15, 0.2) is 0 Å². The molecule has 0 amide bonds. The third kappa shape index (κ3) is 6.70. The third-order valence-corrected chi connectivity index (χ3v) is 4.01. The Morgan fingerprint density at radius 2 is 2.21 bits per heavy atom. The van der Waals surface area contributed by atoms with Gasteiger partial charge >= 0.3 is 0 Å². The Balaban J connectivity index is 2.16. The number of ether oxygens (including phenoxy) is 1. The first-order valence-electron chi connectivity index (χ1n) is 7.75. The monoisotopic (exact) mass is 272 g/mol. The number of rotatable bonds is 9. The van der Waals surface area contributed by atoms with Gasteiger partial charge < -0.3 is 20.1 Å². The number of nitrogens with zero attached hydrogens (tertiary/aromatic N) is 1. The summed E-state index contributed by atoms with van der Waals surface area (Å²) in [5.74, 6) is 0. The average molecular weight is 272 g/mol. The lowest BCUT2D eigenvalue weighted by Gasteiger charge is -2.30. The predicted molar refractivity (Wildman–Crippen MR) is 79.5 cm³/mol. The Hall–Kier alpha value is -0.160. The summed E-state index contributed by atoms with van der Waals surface area (Å²) >= 11 is 0. The van der Waals surface area contributed by atoms with Gasteiger partial charge in [0.15, 0.2) is 0 Å². The summed E-state index contributed by atoms with van der Waals surface area (Å²) in [6, 6.07) is 0. The largest absolute Gasteiger partial charge is 0.394 e. The zero-order chi connectivity index (χ0) is 14.1. The van der Waals surface area contributed by atoms with Crippen LogP contribution in [0.25, 0.3) is 0 Å². The van der Waals surface area contributed by atoms with Gasteiger partial charge in [0.2, 0.25) is 0 Å². The molecule has 0 saturated carbocycles. The molecular weight excluding hydrogens is 240 g/mol. The molecule has 0 aromatic rings. The molecule has 0 radical (unpaired) electrons. The van der Waals surface area contributed by atoms with Crippen molar-refractivity contribution in [2.75, 3.05) is 39.9 Å². The van der Waals surface area contributed by atoms with Crippen LogP contribution in [0.1, 0.15) is 46.0 Å². The Bertz CT molecular complexity index is 232. The Labute approximate surface area is 118 Å². The van der Waals surface area contributed by atoms with Crippen molar-refractivity contribution in [2.45, 2.75) is 57.6 Å². The minimum atomic E-state index is -0.128. The van der Waals surface area contributed by atoms with Crippen molar-refractivity contribution in [1.29, 1.82) is 0 Å². The molecule has 1 saturated heterocycles. The maximum Gasteiger partial charge on any atom is 0.0701 e. The van der Waals surface area contributed by atoms with Crippen molar-refractivity contribution >= 4 is 0 Å². The summed E-state index contributed by atoms with van der Waals surface area (Å²) in [5, 5.41) is 12.8. The van der Waals surface area contributed by atoms with Crippen LogP contribution in [0, 0.1) is 0 Å². The van der Waals surface area contributed by atoms with Gasteiger partial charge in [-0.3, -0.25) is 0 Å². The van der Waals surface area contributed by atoms with E-state index in [-0.39, 0.29) is 12.1 Å². The number of nitrogens with one attached hydrogen (secondary N) is 1. The zero-order valence-electron chi connectivity index (χ0n) is 13.0. The fourth-order valence-corrected chi connectivity index (χ4v) is 2.78. The van der Waals surface area contributed by atoms with E-state index in [1.54, 1.807) is 0 Å². The van der Waals surface area contributed by atoms with E-state index < -0.39 is 0 Å². The van der Waals surface area contributed by atoms with Crippen molar-refractivity contribution in [2.24, 2.45) is 0 Å². The highest BCUT2D eigenvalue weighted by Crippen LogP contribution is 2.15. The Morgan fingerprint density at radius 1 is 1.42 bits per heavy atom. The second-order valence-electron chi connectivity index (χ2n) is 6.10. The van der Waals surface area contributed by atoms with Crippen LogP contribution >= 0.6 is 0 Å². The van der Waals surface area contributed by atoms with Crippen LogP contribution in [0.5, 0.6) is 0 Å². The van der Waals surface area contributed by atoms with Crippen molar-refractivity contribution < 1.29 is 9.84 Å². The van der Waals surface area contributed by atoms with Gasteiger partial charge in [0.25, 0.3) is 0 Å². The summed E-state index contributed by atoms with van der Waals surface area (Å²) in [7, 11) is 2.17. The number of aliphatic hydroxyl groups is 1. The minimum Gasteiger partial charge on any atom is -0.394 e. The maximum absolute atomic E-state index is 9.45. The topological polar surface area (TPSA) is 44.7 Å². The quantitative estimate of drug-likeness (QED) is 0.669. The molecule has 2 N–H and O–H groups in total. The lowest BCUT2D eigenvalue weighted by atomic mass is 9.96. The minimum absolute atomic E-state index is 0.128. The second-order valence-corrected chi connectivity index (χ2v) is 6.10. The molecule has 2 atom stereocenters. The number of aliphatic hydroxyl groups excluding tert-OH is 1. The van der Waals surface area contributed by atoms with Crippen molar-refractivity contribution in [1.82, 2.24) is 10.2 Å². The second kappa shape index (κ2) is 8.90. The number of hydrogen-bond acceptors (Lipinski definition) is 4. The lowest BCUT2D eigenvalue weighted by Crippen LogP contribution is -2.46. The molecule has 2 unspecified atom stereocenters. The van der Waals surface area contributed by atoms with Crippen molar-refractivity contribution in [3.63, 3.8) is 0 Å². The average Bonchev–Trinajstić information content (AvgIpc) is 2.40. The summed E-state index contributed by atoms with van der Waals surface area (Å²) in [5.41, 5.74) is -0.128. The highest BCUT2D eigenvalue weighted by Gasteiger charge is 2.21. The van der Waals surface area contributed by atoms with E-state index in [1.165, 1.54) is 19.3 Å². The number of likely N-dealkylation sites (N-methyl/N-ethyl adjacent to an activating group) is 2. The molecule has 0 aliphatic carbocycles. The zero-order valence-corrected chi connectivity index (χ0v) is 13.0.